The molecule has 1 amide bonds. The summed E-state index contributed by atoms with van der Waals surface area (Å²) in [5.74, 6) is -0.112. The lowest BCUT2D eigenvalue weighted by molar-refractivity contribution is 0.0897. The van der Waals surface area contributed by atoms with Gasteiger partial charge in [0.2, 0.25) is 0 Å². The summed E-state index contributed by atoms with van der Waals surface area (Å²) in [5.41, 5.74) is 1.48. The Morgan fingerprint density at radius 2 is 1.33 bits per heavy atom. The van der Waals surface area contributed by atoms with Crippen LogP contribution in [0.25, 0.3) is 0 Å². The second-order valence-electron chi connectivity index (χ2n) is 9.62. The molecule has 0 aliphatic carbocycles. The molecular weight excluding hydrogens is 466 g/mol. The highest BCUT2D eigenvalue weighted by Gasteiger charge is 2.34. The number of Topliss-reactive ketones (excluding diaryl/α,β-unsaturated/α-hetero) is 1. The number of carbonyl (C=O) groups is 2. The Morgan fingerprint density at radius 1 is 0.806 bits per heavy atom. The van der Waals surface area contributed by atoms with Crippen LogP contribution < -0.4 is 5.32 Å². The van der Waals surface area contributed by atoms with E-state index in [2.05, 4.69) is 26.1 Å². The molecule has 0 spiro atoms. The van der Waals surface area contributed by atoms with Gasteiger partial charge in [0, 0.05) is 12.2 Å². The third kappa shape index (κ3) is 10.7. The van der Waals surface area contributed by atoms with E-state index in [0.717, 1.165) is 5.56 Å². The molecule has 0 fully saturated rings. The molecule has 0 radical (unpaired) electrons. The summed E-state index contributed by atoms with van der Waals surface area (Å²) in [7, 11) is -1.89. The number of nitrogens with one attached hydrogen (secondary N) is 1. The van der Waals surface area contributed by atoms with Crippen molar-refractivity contribution in [1.29, 1.82) is 0 Å². The number of carbonyl (C=O) groups excluding carboxylic acids is 2. The van der Waals surface area contributed by atoms with Crippen molar-refractivity contribution in [2.24, 2.45) is 0 Å². The van der Waals surface area contributed by atoms with E-state index in [0.29, 0.717) is 18.6 Å². The maximum Gasteiger partial charge on any atom is 0.408 e. The molecule has 5 nitrogen and oxygen atoms in total. The van der Waals surface area contributed by atoms with Gasteiger partial charge in [-0.3, -0.25) is 4.79 Å². The molecule has 198 valence electrons. The van der Waals surface area contributed by atoms with Gasteiger partial charge < -0.3 is 14.5 Å². The zero-order valence-electron chi connectivity index (χ0n) is 22.5. The lowest BCUT2D eigenvalue weighted by Gasteiger charge is -2.32. The lowest BCUT2D eigenvalue weighted by Crippen LogP contribution is -2.44. The molecule has 0 unspecified atom stereocenters. The van der Waals surface area contributed by atoms with Gasteiger partial charge in [0.05, 0.1) is 6.04 Å². The van der Waals surface area contributed by atoms with Crippen LogP contribution in [0.2, 0.25) is 18.1 Å². The van der Waals surface area contributed by atoms with Gasteiger partial charge in [-0.2, -0.15) is 0 Å². The first kappa shape index (κ1) is 29.8. The highest BCUT2D eigenvalue weighted by atomic mass is 28.4. The Kier molecular flexibility index (Phi) is 14.1. The van der Waals surface area contributed by atoms with Crippen LogP contribution in [-0.4, -0.2) is 32.8 Å². The summed E-state index contributed by atoms with van der Waals surface area (Å²) in [6.45, 7) is 7.34. The zero-order chi connectivity index (χ0) is 26.1. The quantitative estimate of drug-likeness (QED) is 0.163. The van der Waals surface area contributed by atoms with Crippen molar-refractivity contribution in [2.75, 3.05) is 6.61 Å². The monoisotopic (exact) mass is 511 g/mol. The van der Waals surface area contributed by atoms with E-state index in [9.17, 15) is 9.59 Å². The molecule has 0 aromatic heterocycles. The minimum absolute atomic E-state index is 0.112. The molecular formula is C30H45NO4Si. The van der Waals surface area contributed by atoms with E-state index in [4.69, 9.17) is 9.16 Å². The van der Waals surface area contributed by atoms with E-state index in [1.54, 1.807) is 12.1 Å². The highest BCUT2D eigenvalue weighted by molar-refractivity contribution is 6.73. The fraction of sp³-hybridized carbons (Fsp3) is 0.533. The molecule has 0 heterocycles. The van der Waals surface area contributed by atoms with Gasteiger partial charge in [-0.15, -0.1) is 0 Å². The molecule has 36 heavy (non-hydrogen) atoms. The van der Waals surface area contributed by atoms with Crippen LogP contribution in [0.15, 0.2) is 60.7 Å². The first-order valence-electron chi connectivity index (χ1n) is 13.7. The van der Waals surface area contributed by atoms with Crippen molar-refractivity contribution in [2.45, 2.75) is 96.5 Å². The van der Waals surface area contributed by atoms with E-state index < -0.39 is 20.5 Å². The molecule has 6 heteroatoms. The third-order valence-corrected chi connectivity index (χ3v) is 11.3. The van der Waals surface area contributed by atoms with Crippen LogP contribution >= 0.6 is 0 Å². The molecule has 0 saturated heterocycles. The number of unbranched alkanes of at least 4 members (excludes halogenated alkanes) is 3. The molecule has 0 aliphatic heterocycles. The van der Waals surface area contributed by atoms with Crippen molar-refractivity contribution < 1.29 is 18.8 Å². The molecule has 0 bridgehead atoms. The van der Waals surface area contributed by atoms with E-state index >= 15 is 0 Å². The number of hydrogen-bond donors (Lipinski definition) is 1. The third-order valence-electron chi connectivity index (χ3n) is 6.65. The molecule has 1 atom stereocenters. The Bertz CT molecular complexity index is 853. The minimum Gasteiger partial charge on any atom is -0.445 e. The molecule has 2 aromatic rings. The number of benzene rings is 2. The van der Waals surface area contributed by atoms with Crippen LogP contribution in [0, 0.1) is 0 Å². The second-order valence-corrected chi connectivity index (χ2v) is 13.8. The largest absolute Gasteiger partial charge is 0.445 e. The predicted octanol–water partition coefficient (Wildman–Crippen LogP) is 7.92. The average molecular weight is 512 g/mol. The minimum atomic E-state index is -1.89. The van der Waals surface area contributed by atoms with Gasteiger partial charge in [0.15, 0.2) is 14.1 Å². The maximum atomic E-state index is 13.3. The number of ketones is 1. The first-order valence-corrected chi connectivity index (χ1v) is 16.3. The van der Waals surface area contributed by atoms with Crippen LogP contribution in [0.1, 0.15) is 81.6 Å². The number of hydrogen-bond acceptors (Lipinski definition) is 4. The number of amides is 1. The predicted molar refractivity (Wildman–Crippen MR) is 150 cm³/mol. The lowest BCUT2D eigenvalue weighted by atomic mass is 10.0. The number of rotatable bonds is 18. The Labute approximate surface area is 219 Å². The van der Waals surface area contributed by atoms with Crippen molar-refractivity contribution in [3.63, 3.8) is 0 Å². The average Bonchev–Trinajstić information content (AvgIpc) is 2.92. The second kappa shape index (κ2) is 17.1. The SMILES string of the molecule is CCCC[Si](CCCC)(CCCC)OCC[C@H](NC(=O)OCc1ccccc1)C(=O)c1ccccc1. The van der Waals surface area contributed by atoms with Crippen molar-refractivity contribution >= 4 is 20.2 Å². The zero-order valence-corrected chi connectivity index (χ0v) is 23.5. The van der Waals surface area contributed by atoms with E-state index in [1.165, 1.54) is 56.7 Å². The Morgan fingerprint density at radius 3 is 1.86 bits per heavy atom. The number of alkyl carbamates (subject to hydrolysis) is 1. The van der Waals surface area contributed by atoms with Crippen LogP contribution in [0.3, 0.4) is 0 Å². The van der Waals surface area contributed by atoms with E-state index in [1.807, 2.05) is 48.5 Å². The summed E-state index contributed by atoms with van der Waals surface area (Å²) < 4.78 is 12.2. The Hall–Kier alpha value is -2.44. The van der Waals surface area contributed by atoms with Gasteiger partial charge in [0.25, 0.3) is 0 Å². The summed E-state index contributed by atoms with van der Waals surface area (Å²) in [6, 6.07) is 21.5. The Balaban J connectivity index is 2.08. The van der Waals surface area contributed by atoms with Crippen molar-refractivity contribution in [3.05, 3.63) is 71.8 Å². The van der Waals surface area contributed by atoms with Gasteiger partial charge in [-0.05, 0) is 30.1 Å². The van der Waals surface area contributed by atoms with Crippen LogP contribution in [0.5, 0.6) is 0 Å². The summed E-state index contributed by atoms with van der Waals surface area (Å²) in [6.07, 6.45) is 6.93. The smallest absolute Gasteiger partial charge is 0.408 e. The standard InChI is InChI=1S/C30H45NO4Si/c1-4-7-22-36(23-8-5-2,24-9-6-3)35-21-20-28(29(32)27-18-14-11-15-19-27)31-30(33)34-25-26-16-12-10-13-17-26/h10-19,28H,4-9,20-25H2,1-3H3,(H,31,33)/t28-/m0/s1. The normalized spacial score (nSPS) is 12.2. The summed E-state index contributed by atoms with van der Waals surface area (Å²) >= 11 is 0. The van der Waals surface area contributed by atoms with Gasteiger partial charge >= 0.3 is 6.09 Å². The molecule has 0 saturated carbocycles. The van der Waals surface area contributed by atoms with Crippen LogP contribution in [0.4, 0.5) is 4.79 Å². The maximum absolute atomic E-state index is 13.3. The fourth-order valence-electron chi connectivity index (χ4n) is 4.46. The van der Waals surface area contributed by atoms with Gasteiger partial charge in [-0.1, -0.05) is 120 Å². The van der Waals surface area contributed by atoms with Gasteiger partial charge in [-0.25, -0.2) is 4.79 Å². The van der Waals surface area contributed by atoms with Crippen molar-refractivity contribution in [3.8, 4) is 0 Å². The number of ether oxygens (including phenoxy) is 1. The fourth-order valence-corrected chi connectivity index (χ4v) is 9.19. The van der Waals surface area contributed by atoms with Crippen molar-refractivity contribution in [1.82, 2.24) is 5.32 Å². The molecule has 2 rings (SSSR count). The summed E-state index contributed by atoms with van der Waals surface area (Å²) in [5, 5.41) is 2.83. The molecule has 2 aromatic carbocycles. The highest BCUT2D eigenvalue weighted by Crippen LogP contribution is 2.30. The van der Waals surface area contributed by atoms with E-state index in [-0.39, 0.29) is 12.4 Å². The topological polar surface area (TPSA) is 64.6 Å². The molecule has 0 aliphatic rings. The first-order chi connectivity index (χ1) is 17.5. The van der Waals surface area contributed by atoms with Crippen LogP contribution in [-0.2, 0) is 15.8 Å². The summed E-state index contributed by atoms with van der Waals surface area (Å²) in [4.78, 5) is 25.9. The molecule has 1 N–H and O–H groups in total. The van der Waals surface area contributed by atoms with Gasteiger partial charge in [0.1, 0.15) is 6.61 Å².